The molecule has 0 spiro atoms. The van der Waals surface area contributed by atoms with Crippen molar-refractivity contribution in [2.24, 2.45) is 5.41 Å². The number of benzene rings is 4. The number of piperazine rings is 2. The van der Waals surface area contributed by atoms with E-state index in [1.54, 1.807) is 29.2 Å². The first-order valence-electron chi connectivity index (χ1n) is 24.2. The Morgan fingerprint density at radius 2 is 1.60 bits per heavy atom. The number of anilines is 2. The molecule has 3 atom stereocenters. The Morgan fingerprint density at radius 1 is 0.893 bits per heavy atom. The van der Waals surface area contributed by atoms with E-state index in [1.807, 2.05) is 35.1 Å². The van der Waals surface area contributed by atoms with Crippen LogP contribution in [-0.2, 0) is 24.6 Å². The average molecular weight is 1180 g/mol. The molecule has 4 aliphatic rings. The number of sulfonamides is 1. The summed E-state index contributed by atoms with van der Waals surface area (Å²) in [4.78, 5) is 33.0. The van der Waals surface area contributed by atoms with E-state index in [2.05, 4.69) is 33.9 Å². The number of sulfone groups is 1. The van der Waals surface area contributed by atoms with Crippen molar-refractivity contribution in [1.29, 1.82) is 0 Å². The first-order valence-corrected chi connectivity index (χ1v) is 29.7. The molecule has 2 N–H and O–H groups in total. The van der Waals surface area contributed by atoms with Crippen LogP contribution in [0.15, 0.2) is 111 Å². The van der Waals surface area contributed by atoms with Crippen molar-refractivity contribution >= 4 is 107 Å². The summed E-state index contributed by atoms with van der Waals surface area (Å²) < 4.78 is 117. The minimum Gasteiger partial charge on any atom is -0.445 e. The Labute approximate surface area is 459 Å². The molecule has 3 saturated heterocycles. The molecule has 0 aromatic heterocycles. The van der Waals surface area contributed by atoms with Crippen molar-refractivity contribution in [2.75, 3.05) is 74.9 Å². The van der Waals surface area contributed by atoms with Crippen LogP contribution in [0.1, 0.15) is 61.9 Å². The van der Waals surface area contributed by atoms with Crippen molar-refractivity contribution < 1.29 is 48.7 Å². The van der Waals surface area contributed by atoms with Crippen LogP contribution < -0.4 is 14.9 Å². The lowest BCUT2D eigenvalue weighted by atomic mass is 9.72. The first kappa shape index (κ1) is 57.2. The number of ether oxygens (including phenoxy) is 1. The monoisotopic (exact) mass is 1180 g/mol. The second-order valence-corrected chi connectivity index (χ2v) is 27.7. The van der Waals surface area contributed by atoms with Crippen molar-refractivity contribution in [3.63, 3.8) is 0 Å². The number of halogens is 8. The van der Waals surface area contributed by atoms with Gasteiger partial charge in [0.05, 0.1) is 10.6 Å². The number of hydrogen-bond donors (Lipinski definition) is 2. The summed E-state index contributed by atoms with van der Waals surface area (Å²) in [6.07, 6.45) is 2.87. The van der Waals surface area contributed by atoms with E-state index in [1.165, 1.54) is 35.5 Å². The maximum Gasteiger partial charge on any atom is 0.501 e. The molecule has 13 nitrogen and oxygen atoms in total. The third-order valence-electron chi connectivity index (χ3n) is 14.1. The lowest BCUT2D eigenvalue weighted by molar-refractivity contribution is -0.0436. The summed E-state index contributed by atoms with van der Waals surface area (Å²) in [5.41, 5.74) is -2.70. The molecular formula is C51H56Cl4F4N6O7S3. The topological polar surface area (TPSA) is 149 Å². The van der Waals surface area contributed by atoms with Gasteiger partial charge in [0, 0.05) is 103 Å². The van der Waals surface area contributed by atoms with Gasteiger partial charge in [-0.15, -0.1) is 11.8 Å². The maximum absolute atomic E-state index is 15.1. The molecule has 2 amide bonds. The molecule has 0 radical (unpaired) electrons. The minimum absolute atomic E-state index is 0.0613. The third-order valence-corrected chi connectivity index (χ3v) is 18.7. The highest BCUT2D eigenvalue weighted by Gasteiger charge is 2.49. The van der Waals surface area contributed by atoms with Gasteiger partial charge in [-0.1, -0.05) is 90.1 Å². The Balaban J connectivity index is 0.925. The number of rotatable bonds is 17. The number of likely N-dealkylation sites (tertiary alicyclic amines) is 2. The van der Waals surface area contributed by atoms with Crippen LogP contribution in [0.3, 0.4) is 0 Å². The number of carbonyl (C=O) groups excluding carboxylic acids is 2. The molecule has 75 heavy (non-hydrogen) atoms. The first-order chi connectivity index (χ1) is 35.2. The summed E-state index contributed by atoms with van der Waals surface area (Å²) in [6, 6.07) is 21.6. The molecule has 3 heterocycles. The second kappa shape index (κ2) is 23.1. The Morgan fingerprint density at radius 3 is 2.24 bits per heavy atom. The van der Waals surface area contributed by atoms with Crippen LogP contribution >= 0.6 is 58.2 Å². The minimum atomic E-state index is -6.16. The maximum atomic E-state index is 15.1. The SMILES string of the molecule is CC1(C)CCC(c2ccc(Cl)cc2F)=C(CN2CCN(c3ccc(C(=O)NS(=O)(=O)c4ccc(N[C@H](CCN5C[C@@H]6C[C@H]5CN6C(=O)OCC(Cl)(Cl)Cl)CSc5ccccc5)c(S(=O)(=O)C(F)(F)F)c4)cc3)CC2)C1. The van der Waals surface area contributed by atoms with Crippen molar-refractivity contribution in [1.82, 2.24) is 19.4 Å². The third kappa shape index (κ3) is 14.2. The van der Waals surface area contributed by atoms with E-state index < -0.39 is 69.3 Å². The molecule has 3 aliphatic heterocycles. The van der Waals surface area contributed by atoms with E-state index in [9.17, 15) is 39.6 Å². The van der Waals surface area contributed by atoms with Gasteiger partial charge in [0.1, 0.15) is 17.3 Å². The molecule has 4 aromatic rings. The molecule has 24 heteroatoms. The van der Waals surface area contributed by atoms with Crippen LogP contribution in [0, 0.1) is 11.2 Å². The largest absolute Gasteiger partial charge is 0.501 e. The summed E-state index contributed by atoms with van der Waals surface area (Å²) in [6.45, 7) is 8.61. The fourth-order valence-electron chi connectivity index (χ4n) is 10.2. The predicted octanol–water partition coefficient (Wildman–Crippen LogP) is 10.9. The standard InChI is InChI=1S/C51H56Cl4F4N6O7S3/c1-49(2)18-16-42(43-14-10-35(52)24-44(43)56)34(27-49)28-62-20-22-63(23-21-62)37-11-8-33(9-12-37)47(66)61-75(70,71)41-13-15-45(46(26-41)74(68,69)51(57,58)59)60-36(31-73-40-6-4-3-5-7-40)17-19-64-29-39-25-38(64)30-65(39)48(67)72-32-50(53,54)55/h3-15,24,26,36,38-39,60H,16-23,25,27-32H2,1-2H3,(H,61,66)/t36-,38+,39+/m1/s1. The zero-order valence-electron chi connectivity index (χ0n) is 40.9. The Hall–Kier alpha value is -3.99. The number of hydrogen-bond acceptors (Lipinski definition) is 12. The molecule has 0 unspecified atom stereocenters. The highest BCUT2D eigenvalue weighted by Crippen LogP contribution is 2.44. The van der Waals surface area contributed by atoms with E-state index >= 15 is 4.39 Å². The fourth-order valence-corrected chi connectivity index (χ4v) is 13.5. The second-order valence-electron chi connectivity index (χ2n) is 20.0. The van der Waals surface area contributed by atoms with Gasteiger partial charge in [-0.25, -0.2) is 30.7 Å². The lowest BCUT2D eigenvalue weighted by Crippen LogP contribution is -2.49. The zero-order chi connectivity index (χ0) is 54.1. The summed E-state index contributed by atoms with van der Waals surface area (Å²) in [5.74, 6) is -1.15. The van der Waals surface area contributed by atoms with Crippen LogP contribution in [0.4, 0.5) is 33.7 Å². The van der Waals surface area contributed by atoms with E-state index in [4.69, 9.17) is 51.1 Å². The van der Waals surface area contributed by atoms with Gasteiger partial charge in [0.15, 0.2) is 0 Å². The van der Waals surface area contributed by atoms with E-state index in [-0.39, 0.29) is 34.6 Å². The van der Waals surface area contributed by atoms with Gasteiger partial charge >= 0.3 is 11.6 Å². The van der Waals surface area contributed by atoms with Crippen molar-refractivity contribution in [3.8, 4) is 0 Å². The van der Waals surface area contributed by atoms with Crippen molar-refractivity contribution in [2.45, 2.75) is 88.1 Å². The summed E-state index contributed by atoms with van der Waals surface area (Å²) >= 11 is 24.7. The highest BCUT2D eigenvalue weighted by molar-refractivity contribution is 7.99. The van der Waals surface area contributed by atoms with E-state index in [0.29, 0.717) is 81.9 Å². The molecule has 2 bridgehead atoms. The van der Waals surface area contributed by atoms with Gasteiger partial charge in [-0.2, -0.15) is 13.2 Å². The lowest BCUT2D eigenvalue weighted by Gasteiger charge is -2.39. The Kier molecular flexibility index (Phi) is 17.7. The van der Waals surface area contributed by atoms with Gasteiger partial charge in [-0.05, 0) is 110 Å². The molecule has 1 aliphatic carbocycles. The molecule has 4 aromatic carbocycles. The van der Waals surface area contributed by atoms with Gasteiger partial charge in [0.2, 0.25) is 3.79 Å². The zero-order valence-corrected chi connectivity index (χ0v) is 46.4. The van der Waals surface area contributed by atoms with Gasteiger partial charge in [-0.3, -0.25) is 14.6 Å². The number of fused-ring (bicyclic) bond motifs is 2. The van der Waals surface area contributed by atoms with E-state index in [0.717, 1.165) is 47.6 Å². The summed E-state index contributed by atoms with van der Waals surface area (Å²) in [7, 11) is -11.1. The van der Waals surface area contributed by atoms with Crippen LogP contribution in [-0.4, -0.2) is 136 Å². The smallest absolute Gasteiger partial charge is 0.445 e. The quantitative estimate of drug-likeness (QED) is 0.0589. The van der Waals surface area contributed by atoms with Crippen LogP contribution in [0.25, 0.3) is 5.57 Å². The number of amides is 2. The van der Waals surface area contributed by atoms with Gasteiger partial charge in [0.25, 0.3) is 25.8 Å². The van der Waals surface area contributed by atoms with Crippen molar-refractivity contribution in [3.05, 3.63) is 119 Å². The number of nitrogens with zero attached hydrogens (tertiary/aromatic N) is 4. The number of thioether (sulfide) groups is 1. The molecule has 8 rings (SSSR count). The Bertz CT molecular complexity index is 3000. The molecule has 406 valence electrons. The average Bonchev–Trinajstić information content (AvgIpc) is 3.96. The molecule has 3 fully saturated rings. The number of carbonyl (C=O) groups is 2. The number of nitrogens with one attached hydrogen (secondary N) is 2. The molecular weight excluding hydrogens is 1120 g/mol. The molecule has 0 saturated carbocycles. The van der Waals surface area contributed by atoms with Gasteiger partial charge < -0.3 is 19.9 Å². The predicted molar refractivity (Wildman–Crippen MR) is 287 cm³/mol. The van der Waals surface area contributed by atoms with Crippen LogP contribution in [0.5, 0.6) is 0 Å². The van der Waals surface area contributed by atoms with Crippen LogP contribution in [0.2, 0.25) is 5.02 Å². The fraction of sp³-hybridized carbons (Fsp3) is 0.451. The normalized spacial score (nSPS) is 20.1. The number of alkyl halides is 6. The summed E-state index contributed by atoms with van der Waals surface area (Å²) in [5, 5.41) is 3.32. The highest BCUT2D eigenvalue weighted by atomic mass is 35.6. The number of allylic oxidation sites excluding steroid dienone is 1.